The number of benzene rings is 2. The predicted octanol–water partition coefficient (Wildman–Crippen LogP) is 4.65. The average Bonchev–Trinajstić information content (AvgIpc) is 2.40. The normalized spacial score (nSPS) is 10.3. The highest BCUT2D eigenvalue weighted by molar-refractivity contribution is 6.33. The number of nitro benzene ring substituents is 1. The molecule has 0 amide bonds. The zero-order valence-electron chi connectivity index (χ0n) is 10.1. The number of nitrogens with zero attached hydrogens (tertiary/aromatic N) is 1. The lowest BCUT2D eigenvalue weighted by molar-refractivity contribution is -0.385. The number of rotatable bonds is 4. The van der Waals surface area contributed by atoms with Crippen molar-refractivity contribution >= 4 is 34.6 Å². The summed E-state index contributed by atoms with van der Waals surface area (Å²) in [7, 11) is 0. The van der Waals surface area contributed by atoms with Crippen LogP contribution in [0.25, 0.3) is 0 Å². The quantitative estimate of drug-likeness (QED) is 0.660. The molecule has 0 aromatic heterocycles. The molecule has 0 atom stereocenters. The summed E-state index contributed by atoms with van der Waals surface area (Å²) in [6.45, 7) is 0.136. The molecule has 2 aromatic rings. The fourth-order valence-electron chi connectivity index (χ4n) is 1.68. The van der Waals surface area contributed by atoms with Crippen LogP contribution in [0.15, 0.2) is 36.4 Å². The highest BCUT2D eigenvalue weighted by Gasteiger charge is 2.14. The van der Waals surface area contributed by atoms with E-state index in [2.05, 4.69) is 5.32 Å². The average molecular weight is 315 g/mol. The third-order valence-corrected chi connectivity index (χ3v) is 3.21. The minimum atomic E-state index is -0.518. The SMILES string of the molecule is O=[N+]([O-])c1cc(Cl)ccc1CNc1cc(F)ccc1Cl. The highest BCUT2D eigenvalue weighted by atomic mass is 35.5. The van der Waals surface area contributed by atoms with Gasteiger partial charge < -0.3 is 5.32 Å². The van der Waals surface area contributed by atoms with Gasteiger partial charge in [0, 0.05) is 23.2 Å². The van der Waals surface area contributed by atoms with Crippen LogP contribution < -0.4 is 5.32 Å². The van der Waals surface area contributed by atoms with Gasteiger partial charge in [-0.2, -0.15) is 0 Å². The van der Waals surface area contributed by atoms with Gasteiger partial charge in [-0.25, -0.2) is 4.39 Å². The third-order valence-electron chi connectivity index (χ3n) is 2.64. The molecule has 0 spiro atoms. The van der Waals surface area contributed by atoms with Gasteiger partial charge in [-0.1, -0.05) is 23.2 Å². The molecule has 0 radical (unpaired) electrons. The van der Waals surface area contributed by atoms with Crippen LogP contribution in [-0.2, 0) is 6.54 Å². The number of hydrogen-bond acceptors (Lipinski definition) is 3. The second-order valence-electron chi connectivity index (χ2n) is 4.01. The molecular weight excluding hydrogens is 306 g/mol. The summed E-state index contributed by atoms with van der Waals surface area (Å²) >= 11 is 11.6. The van der Waals surface area contributed by atoms with Crippen LogP contribution in [0.4, 0.5) is 15.8 Å². The number of nitro groups is 1. The Morgan fingerprint density at radius 3 is 2.65 bits per heavy atom. The molecular formula is C13H9Cl2FN2O2. The minimum absolute atomic E-state index is 0.0995. The molecule has 0 aliphatic heterocycles. The molecule has 0 heterocycles. The standard InChI is InChI=1S/C13H9Cl2FN2O2/c14-9-2-1-8(13(5-9)18(19)20)7-17-12-6-10(16)3-4-11(12)15/h1-6,17H,7H2. The van der Waals surface area contributed by atoms with E-state index in [9.17, 15) is 14.5 Å². The topological polar surface area (TPSA) is 55.2 Å². The van der Waals surface area contributed by atoms with Crippen LogP contribution in [0.3, 0.4) is 0 Å². The van der Waals surface area contributed by atoms with Gasteiger partial charge in [-0.3, -0.25) is 10.1 Å². The van der Waals surface area contributed by atoms with E-state index in [1.165, 1.54) is 24.3 Å². The van der Waals surface area contributed by atoms with Gasteiger partial charge in [-0.05, 0) is 30.3 Å². The second kappa shape index (κ2) is 6.07. The summed E-state index contributed by atoms with van der Waals surface area (Å²) in [5.74, 6) is -0.442. The molecule has 4 nitrogen and oxygen atoms in total. The molecule has 104 valence electrons. The number of hydrogen-bond donors (Lipinski definition) is 1. The van der Waals surface area contributed by atoms with Crippen molar-refractivity contribution in [2.45, 2.75) is 6.54 Å². The van der Waals surface area contributed by atoms with E-state index in [1.54, 1.807) is 12.1 Å². The van der Waals surface area contributed by atoms with E-state index in [0.717, 1.165) is 0 Å². The van der Waals surface area contributed by atoms with Crippen molar-refractivity contribution in [3.8, 4) is 0 Å². The van der Waals surface area contributed by atoms with Crippen molar-refractivity contribution in [1.82, 2.24) is 0 Å². The lowest BCUT2D eigenvalue weighted by Gasteiger charge is -2.09. The predicted molar refractivity (Wildman–Crippen MR) is 76.8 cm³/mol. The van der Waals surface area contributed by atoms with E-state index in [1.807, 2.05) is 0 Å². The van der Waals surface area contributed by atoms with Gasteiger partial charge in [-0.15, -0.1) is 0 Å². The Morgan fingerprint density at radius 2 is 1.95 bits per heavy atom. The minimum Gasteiger partial charge on any atom is -0.379 e. The maximum absolute atomic E-state index is 13.1. The number of anilines is 1. The maximum Gasteiger partial charge on any atom is 0.275 e. The summed E-state index contributed by atoms with van der Waals surface area (Å²) in [6, 6.07) is 8.24. The van der Waals surface area contributed by atoms with E-state index < -0.39 is 10.7 Å². The summed E-state index contributed by atoms with van der Waals surface area (Å²) in [4.78, 5) is 10.4. The molecule has 20 heavy (non-hydrogen) atoms. The molecule has 0 unspecified atom stereocenters. The molecule has 0 aliphatic carbocycles. The Balaban J connectivity index is 2.23. The van der Waals surface area contributed by atoms with Gasteiger partial charge in [0.05, 0.1) is 15.6 Å². The first kappa shape index (κ1) is 14.6. The van der Waals surface area contributed by atoms with Gasteiger partial charge >= 0.3 is 0 Å². The van der Waals surface area contributed by atoms with Crippen LogP contribution in [0.2, 0.25) is 10.0 Å². The zero-order valence-corrected chi connectivity index (χ0v) is 11.6. The Labute approximate surface area is 124 Å². The van der Waals surface area contributed by atoms with Crippen molar-refractivity contribution in [3.63, 3.8) is 0 Å². The molecule has 1 N–H and O–H groups in total. The first-order valence-corrected chi connectivity index (χ1v) is 6.34. The molecule has 0 aliphatic rings. The van der Waals surface area contributed by atoms with Gasteiger partial charge in [0.15, 0.2) is 0 Å². The summed E-state index contributed by atoms with van der Waals surface area (Å²) < 4.78 is 13.1. The van der Waals surface area contributed by atoms with Crippen molar-refractivity contribution in [3.05, 3.63) is 67.9 Å². The van der Waals surface area contributed by atoms with E-state index in [-0.39, 0.29) is 17.3 Å². The zero-order chi connectivity index (χ0) is 14.7. The summed E-state index contributed by atoms with van der Waals surface area (Å²) in [5, 5.41) is 14.4. The smallest absolute Gasteiger partial charge is 0.275 e. The Morgan fingerprint density at radius 1 is 1.20 bits per heavy atom. The van der Waals surface area contributed by atoms with Crippen LogP contribution in [0, 0.1) is 15.9 Å². The third kappa shape index (κ3) is 3.37. The summed E-state index contributed by atoms with van der Waals surface area (Å²) in [5.41, 5.74) is 0.702. The fraction of sp³-hybridized carbons (Fsp3) is 0.0769. The van der Waals surface area contributed by atoms with Crippen molar-refractivity contribution < 1.29 is 9.31 Å². The van der Waals surface area contributed by atoms with E-state index in [0.29, 0.717) is 16.3 Å². The molecule has 0 bridgehead atoms. The van der Waals surface area contributed by atoms with E-state index >= 15 is 0 Å². The molecule has 2 rings (SSSR count). The van der Waals surface area contributed by atoms with Crippen LogP contribution in [0.5, 0.6) is 0 Å². The lowest BCUT2D eigenvalue weighted by atomic mass is 10.1. The fourth-order valence-corrected chi connectivity index (χ4v) is 2.03. The Hall–Kier alpha value is -1.85. The first-order valence-electron chi connectivity index (χ1n) is 5.59. The van der Waals surface area contributed by atoms with Crippen molar-refractivity contribution in [2.75, 3.05) is 5.32 Å². The van der Waals surface area contributed by atoms with Gasteiger partial charge in [0.1, 0.15) is 5.82 Å². The van der Waals surface area contributed by atoms with Crippen LogP contribution in [0.1, 0.15) is 5.56 Å². The van der Waals surface area contributed by atoms with Gasteiger partial charge in [0.2, 0.25) is 0 Å². The first-order chi connectivity index (χ1) is 9.47. The number of halogens is 3. The Bertz CT molecular complexity index is 665. The Kier molecular flexibility index (Phi) is 4.42. The summed E-state index contributed by atoms with van der Waals surface area (Å²) in [6.07, 6.45) is 0. The molecule has 0 saturated carbocycles. The van der Waals surface area contributed by atoms with Crippen molar-refractivity contribution in [2.24, 2.45) is 0 Å². The van der Waals surface area contributed by atoms with Crippen LogP contribution in [-0.4, -0.2) is 4.92 Å². The monoisotopic (exact) mass is 314 g/mol. The van der Waals surface area contributed by atoms with Gasteiger partial charge in [0.25, 0.3) is 5.69 Å². The lowest BCUT2D eigenvalue weighted by Crippen LogP contribution is -2.03. The molecule has 2 aromatic carbocycles. The number of nitrogens with one attached hydrogen (secondary N) is 1. The maximum atomic E-state index is 13.1. The molecule has 7 heteroatoms. The van der Waals surface area contributed by atoms with E-state index in [4.69, 9.17) is 23.2 Å². The highest BCUT2D eigenvalue weighted by Crippen LogP contribution is 2.26. The molecule has 0 saturated heterocycles. The molecule has 0 fully saturated rings. The van der Waals surface area contributed by atoms with Crippen LogP contribution >= 0.6 is 23.2 Å². The largest absolute Gasteiger partial charge is 0.379 e. The second-order valence-corrected chi connectivity index (χ2v) is 4.85. The van der Waals surface area contributed by atoms with Crippen molar-refractivity contribution in [1.29, 1.82) is 0 Å².